The third kappa shape index (κ3) is 4.97. The minimum Gasteiger partial charge on any atom is -0.497 e. The Morgan fingerprint density at radius 1 is 0.944 bits per heavy atom. The van der Waals surface area contributed by atoms with Crippen molar-refractivity contribution in [3.8, 4) is 5.75 Å². The van der Waals surface area contributed by atoms with E-state index in [1.807, 2.05) is 12.1 Å². The van der Waals surface area contributed by atoms with E-state index in [1.54, 1.807) is 50.4 Å². The summed E-state index contributed by atoms with van der Waals surface area (Å²) in [6.07, 6.45) is -4.06. The van der Waals surface area contributed by atoms with Gasteiger partial charge in [0.2, 0.25) is 11.8 Å². The lowest BCUT2D eigenvalue weighted by Crippen LogP contribution is -2.41. The van der Waals surface area contributed by atoms with Gasteiger partial charge in [-0.2, -0.15) is 13.2 Å². The van der Waals surface area contributed by atoms with Gasteiger partial charge in [-0.05, 0) is 73.9 Å². The van der Waals surface area contributed by atoms with E-state index in [-0.39, 0.29) is 24.3 Å². The number of fused-ring (bicyclic) bond motifs is 1. The monoisotopic (exact) mass is 560 g/mol. The van der Waals surface area contributed by atoms with Crippen LogP contribution in [0.2, 0.25) is 0 Å². The van der Waals surface area contributed by atoms with Crippen molar-refractivity contribution in [2.45, 2.75) is 25.9 Å². The van der Waals surface area contributed by atoms with E-state index in [4.69, 9.17) is 4.74 Å². The summed E-state index contributed by atoms with van der Waals surface area (Å²) in [5.74, 6) is -1.47. The molecule has 0 N–H and O–H groups in total. The highest BCUT2D eigenvalue weighted by molar-refractivity contribution is 9.10. The second kappa shape index (κ2) is 10.3. The number of alkyl halides is 3. The molecule has 0 aliphatic carbocycles. The van der Waals surface area contributed by atoms with Crippen molar-refractivity contribution in [3.05, 3.63) is 82.3 Å². The molecule has 0 fully saturated rings. The molecule has 4 rings (SSSR count). The van der Waals surface area contributed by atoms with Crippen molar-refractivity contribution in [1.82, 2.24) is 0 Å². The molecule has 1 unspecified atom stereocenters. The van der Waals surface area contributed by atoms with E-state index in [2.05, 4.69) is 15.9 Å². The van der Waals surface area contributed by atoms with Gasteiger partial charge in [-0.3, -0.25) is 14.5 Å². The van der Waals surface area contributed by atoms with Crippen LogP contribution in [0, 0.1) is 5.92 Å². The van der Waals surface area contributed by atoms with Crippen molar-refractivity contribution in [2.75, 3.05) is 23.5 Å². The summed E-state index contributed by atoms with van der Waals surface area (Å²) in [5, 5.41) is 0. The number of hydrogen-bond donors (Lipinski definition) is 0. The maximum Gasteiger partial charge on any atom is 0.416 e. The minimum atomic E-state index is -4.61. The molecule has 3 aromatic carbocycles. The lowest BCUT2D eigenvalue weighted by molar-refractivity contribution is -0.137. The summed E-state index contributed by atoms with van der Waals surface area (Å²) in [7, 11) is 1.55. The molecular formula is C27H24BrF3N2O3. The lowest BCUT2D eigenvalue weighted by atomic mass is 9.96. The second-order valence-electron chi connectivity index (χ2n) is 8.34. The van der Waals surface area contributed by atoms with Gasteiger partial charge in [0.1, 0.15) is 11.7 Å². The Labute approximate surface area is 215 Å². The highest BCUT2D eigenvalue weighted by Crippen LogP contribution is 2.43. The standard InChI is InChI=1S/C27H24BrF3N2O3/c1-3-32-23-14-10-18(27(29,30)31)16-24(23)33(19-7-5-4-6-8-19)26(35)21(25(32)34)12-9-17-15-20(36-2)11-13-22(17)28/h4-8,10-11,13-16,21H,3,9,12H2,1-2H3. The first kappa shape index (κ1) is 25.8. The molecule has 0 spiro atoms. The number of ether oxygens (including phenoxy) is 1. The van der Waals surface area contributed by atoms with Crippen LogP contribution >= 0.6 is 15.9 Å². The number of benzene rings is 3. The molecule has 5 nitrogen and oxygen atoms in total. The zero-order valence-corrected chi connectivity index (χ0v) is 21.3. The fourth-order valence-corrected chi connectivity index (χ4v) is 4.83. The third-order valence-electron chi connectivity index (χ3n) is 6.20. The third-order valence-corrected chi connectivity index (χ3v) is 6.98. The van der Waals surface area contributed by atoms with Gasteiger partial charge < -0.3 is 9.64 Å². The summed E-state index contributed by atoms with van der Waals surface area (Å²) in [5.41, 5.74) is 0.642. The topological polar surface area (TPSA) is 49.9 Å². The molecule has 0 saturated carbocycles. The van der Waals surface area contributed by atoms with E-state index in [0.29, 0.717) is 17.9 Å². The lowest BCUT2D eigenvalue weighted by Gasteiger charge is -2.26. The fraction of sp³-hybridized carbons (Fsp3) is 0.259. The number of amides is 2. The quantitative estimate of drug-likeness (QED) is 0.313. The number of anilines is 3. The van der Waals surface area contributed by atoms with Gasteiger partial charge in [0.25, 0.3) is 0 Å². The van der Waals surface area contributed by atoms with Crippen LogP contribution in [0.1, 0.15) is 24.5 Å². The van der Waals surface area contributed by atoms with Gasteiger partial charge in [0.05, 0.1) is 24.0 Å². The van der Waals surface area contributed by atoms with Crippen LogP contribution in [-0.2, 0) is 22.2 Å². The van der Waals surface area contributed by atoms with Crippen LogP contribution in [0.3, 0.4) is 0 Å². The molecule has 0 bridgehead atoms. The van der Waals surface area contributed by atoms with Crippen molar-refractivity contribution < 1.29 is 27.5 Å². The van der Waals surface area contributed by atoms with E-state index in [9.17, 15) is 22.8 Å². The molecule has 0 radical (unpaired) electrons. The number of nitrogens with zero attached hydrogens (tertiary/aromatic N) is 2. The Bertz CT molecular complexity index is 1280. The summed E-state index contributed by atoms with van der Waals surface area (Å²) in [6.45, 7) is 1.93. The first-order valence-corrected chi connectivity index (χ1v) is 12.2. The summed E-state index contributed by atoms with van der Waals surface area (Å²) in [6, 6.07) is 17.0. The normalized spacial score (nSPS) is 16.1. The number of halogens is 4. The Balaban J connectivity index is 1.82. The Morgan fingerprint density at radius 3 is 2.31 bits per heavy atom. The van der Waals surface area contributed by atoms with E-state index in [0.717, 1.165) is 22.2 Å². The minimum absolute atomic E-state index is 0.0290. The summed E-state index contributed by atoms with van der Waals surface area (Å²) in [4.78, 5) is 30.2. The molecule has 188 valence electrons. The molecule has 9 heteroatoms. The van der Waals surface area contributed by atoms with Gasteiger partial charge >= 0.3 is 6.18 Å². The van der Waals surface area contributed by atoms with Gasteiger partial charge in [-0.15, -0.1) is 0 Å². The largest absolute Gasteiger partial charge is 0.497 e. The number of carbonyl (C=O) groups excluding carboxylic acids is 2. The predicted octanol–water partition coefficient (Wildman–Crippen LogP) is 6.76. The highest BCUT2D eigenvalue weighted by atomic mass is 79.9. The smallest absolute Gasteiger partial charge is 0.416 e. The number of aryl methyl sites for hydroxylation is 1. The first-order valence-electron chi connectivity index (χ1n) is 11.4. The molecule has 1 aliphatic heterocycles. The van der Waals surface area contributed by atoms with Gasteiger partial charge in [-0.25, -0.2) is 0 Å². The van der Waals surface area contributed by atoms with Crippen molar-refractivity contribution in [3.63, 3.8) is 0 Å². The molecule has 0 aromatic heterocycles. The number of rotatable bonds is 6. The van der Waals surface area contributed by atoms with Crippen molar-refractivity contribution in [2.24, 2.45) is 5.92 Å². The second-order valence-corrected chi connectivity index (χ2v) is 9.20. The molecular weight excluding hydrogens is 537 g/mol. The van der Waals surface area contributed by atoms with Crippen LogP contribution < -0.4 is 14.5 Å². The Morgan fingerprint density at radius 2 is 1.67 bits per heavy atom. The maximum atomic E-state index is 13.9. The zero-order valence-electron chi connectivity index (χ0n) is 19.7. The molecule has 36 heavy (non-hydrogen) atoms. The van der Waals surface area contributed by atoms with Gasteiger partial charge in [0.15, 0.2) is 0 Å². The molecule has 2 amide bonds. The maximum absolute atomic E-state index is 13.9. The van der Waals surface area contributed by atoms with E-state index in [1.165, 1.54) is 15.9 Å². The summed E-state index contributed by atoms with van der Waals surface area (Å²) < 4.78 is 47.0. The number of methoxy groups -OCH3 is 1. The molecule has 1 aliphatic rings. The Hall–Kier alpha value is -3.33. The fourth-order valence-electron chi connectivity index (χ4n) is 4.38. The Kier molecular flexibility index (Phi) is 7.40. The summed E-state index contributed by atoms with van der Waals surface area (Å²) >= 11 is 3.50. The average molecular weight is 561 g/mol. The molecule has 1 heterocycles. The average Bonchev–Trinajstić information content (AvgIpc) is 2.94. The van der Waals surface area contributed by atoms with Crippen LogP contribution in [-0.4, -0.2) is 25.5 Å². The molecule has 0 saturated heterocycles. The van der Waals surface area contributed by atoms with Crippen molar-refractivity contribution in [1.29, 1.82) is 0 Å². The van der Waals surface area contributed by atoms with Crippen LogP contribution in [0.4, 0.5) is 30.2 Å². The predicted molar refractivity (Wildman–Crippen MR) is 136 cm³/mol. The highest BCUT2D eigenvalue weighted by Gasteiger charge is 2.41. The molecule has 1 atom stereocenters. The van der Waals surface area contributed by atoms with Gasteiger partial charge in [-0.1, -0.05) is 34.1 Å². The van der Waals surface area contributed by atoms with Crippen LogP contribution in [0.15, 0.2) is 71.2 Å². The van der Waals surface area contributed by atoms with E-state index >= 15 is 0 Å². The number of hydrogen-bond acceptors (Lipinski definition) is 3. The van der Waals surface area contributed by atoms with Crippen LogP contribution in [0.5, 0.6) is 5.75 Å². The van der Waals surface area contributed by atoms with Gasteiger partial charge in [0, 0.05) is 16.7 Å². The first-order chi connectivity index (χ1) is 17.2. The number of carbonyl (C=O) groups is 2. The van der Waals surface area contributed by atoms with Crippen molar-refractivity contribution >= 4 is 44.8 Å². The van der Waals surface area contributed by atoms with E-state index < -0.39 is 29.5 Å². The van der Waals surface area contributed by atoms with Crippen LogP contribution in [0.25, 0.3) is 0 Å². The number of para-hydroxylation sites is 1. The SMILES string of the molecule is CCN1C(=O)C(CCc2cc(OC)ccc2Br)C(=O)N(c2ccccc2)c2cc(C(F)(F)F)ccc21. The zero-order chi connectivity index (χ0) is 26.0. The molecule has 3 aromatic rings.